The zero-order chi connectivity index (χ0) is 14.7. The van der Waals surface area contributed by atoms with E-state index in [-0.39, 0.29) is 0 Å². The van der Waals surface area contributed by atoms with E-state index in [2.05, 4.69) is 45.6 Å². The molecule has 2 heterocycles. The third-order valence-electron chi connectivity index (χ3n) is 3.52. The first kappa shape index (κ1) is 14.0. The molecule has 1 aromatic carbocycles. The van der Waals surface area contributed by atoms with Gasteiger partial charge in [0.05, 0.1) is 6.67 Å². The van der Waals surface area contributed by atoms with Gasteiger partial charge in [-0.1, -0.05) is 18.2 Å². The lowest BCUT2D eigenvalue weighted by atomic mass is 10.1. The van der Waals surface area contributed by atoms with Crippen molar-refractivity contribution in [1.29, 1.82) is 0 Å². The molecule has 1 aliphatic heterocycles. The van der Waals surface area contributed by atoms with Crippen molar-refractivity contribution < 1.29 is 0 Å². The topological polar surface area (TPSA) is 40.2 Å². The maximum Gasteiger partial charge on any atom is 0.174 e. The van der Waals surface area contributed by atoms with Crippen LogP contribution in [-0.4, -0.2) is 34.3 Å². The molecular weight excluding hydrogens is 280 g/mol. The number of pyridine rings is 1. The molecular formula is C16H18N4S. The quantitative estimate of drug-likeness (QED) is 0.834. The van der Waals surface area contributed by atoms with Gasteiger partial charge in [-0.2, -0.15) is 0 Å². The molecule has 1 unspecified atom stereocenters. The summed E-state index contributed by atoms with van der Waals surface area (Å²) in [7, 11) is 0. The van der Waals surface area contributed by atoms with E-state index in [0.29, 0.717) is 6.04 Å². The molecule has 1 aliphatic rings. The summed E-state index contributed by atoms with van der Waals surface area (Å²) in [5, 5.41) is 7.43. The minimum absolute atomic E-state index is 0.478. The van der Waals surface area contributed by atoms with Gasteiger partial charge in [0.15, 0.2) is 5.11 Å². The second-order valence-electron chi connectivity index (χ2n) is 5.24. The molecule has 1 aromatic heterocycles. The van der Waals surface area contributed by atoms with Gasteiger partial charge in [-0.05, 0) is 42.9 Å². The van der Waals surface area contributed by atoms with Crippen LogP contribution < -0.4 is 10.6 Å². The van der Waals surface area contributed by atoms with E-state index >= 15 is 0 Å². The molecule has 4 nitrogen and oxygen atoms in total. The lowest BCUT2D eigenvalue weighted by molar-refractivity contribution is 0.515. The molecule has 0 saturated carbocycles. The summed E-state index contributed by atoms with van der Waals surface area (Å²) in [5.74, 6) is 0. The molecule has 21 heavy (non-hydrogen) atoms. The third-order valence-corrected chi connectivity index (χ3v) is 3.88. The van der Waals surface area contributed by atoms with Crippen LogP contribution >= 0.6 is 12.2 Å². The summed E-state index contributed by atoms with van der Waals surface area (Å²) in [5.41, 5.74) is 3.23. The monoisotopic (exact) mass is 298 g/mol. The van der Waals surface area contributed by atoms with E-state index in [0.717, 1.165) is 35.1 Å². The molecule has 1 fully saturated rings. The van der Waals surface area contributed by atoms with Gasteiger partial charge in [0.25, 0.3) is 0 Å². The fourth-order valence-electron chi connectivity index (χ4n) is 2.39. The van der Waals surface area contributed by atoms with Crippen molar-refractivity contribution in [3.63, 3.8) is 0 Å². The predicted molar refractivity (Wildman–Crippen MR) is 90.1 cm³/mol. The summed E-state index contributed by atoms with van der Waals surface area (Å²) < 4.78 is 0. The molecule has 0 amide bonds. The fraction of sp³-hybridized carbons (Fsp3) is 0.250. The first-order chi connectivity index (χ1) is 10.2. The van der Waals surface area contributed by atoms with E-state index in [1.165, 1.54) is 0 Å². The number of anilines is 1. The van der Waals surface area contributed by atoms with E-state index < -0.39 is 0 Å². The van der Waals surface area contributed by atoms with E-state index in [1.54, 1.807) is 6.20 Å². The molecule has 108 valence electrons. The van der Waals surface area contributed by atoms with Crippen LogP contribution in [0, 0.1) is 0 Å². The molecule has 1 saturated heterocycles. The Morgan fingerprint density at radius 3 is 2.90 bits per heavy atom. The maximum atomic E-state index is 5.47. The molecule has 2 N–H and O–H groups in total. The van der Waals surface area contributed by atoms with Crippen LogP contribution in [0.4, 0.5) is 5.69 Å². The van der Waals surface area contributed by atoms with E-state index in [1.807, 2.05) is 24.4 Å². The highest BCUT2D eigenvalue weighted by molar-refractivity contribution is 7.80. The minimum Gasteiger partial charge on any atom is -0.335 e. The first-order valence-electron chi connectivity index (χ1n) is 7.02. The average Bonchev–Trinajstić information content (AvgIpc) is 2.95. The Labute approximate surface area is 130 Å². The van der Waals surface area contributed by atoms with Crippen molar-refractivity contribution in [2.75, 3.05) is 18.5 Å². The number of hydrogen-bond acceptors (Lipinski definition) is 3. The smallest absolute Gasteiger partial charge is 0.174 e. The molecule has 0 aliphatic carbocycles. The van der Waals surface area contributed by atoms with Gasteiger partial charge in [0.2, 0.25) is 0 Å². The Balaban J connectivity index is 1.73. The van der Waals surface area contributed by atoms with Gasteiger partial charge in [0, 0.05) is 36.2 Å². The Kier molecular flexibility index (Phi) is 4.13. The predicted octanol–water partition coefficient (Wildman–Crippen LogP) is 2.70. The van der Waals surface area contributed by atoms with Crippen molar-refractivity contribution in [1.82, 2.24) is 15.2 Å². The lowest BCUT2D eigenvalue weighted by Crippen LogP contribution is -2.33. The van der Waals surface area contributed by atoms with Gasteiger partial charge < -0.3 is 10.2 Å². The standard InChI is InChI=1S/C16H18N4S/c1-12-10-20(11-18-12)16(21)19-15-6-2-4-13(8-15)14-5-3-7-17-9-14/h2-9,12,18H,10-11H2,1H3,(H,19,21). The number of nitrogens with one attached hydrogen (secondary N) is 2. The summed E-state index contributed by atoms with van der Waals surface area (Å²) in [4.78, 5) is 6.30. The number of benzene rings is 1. The Morgan fingerprint density at radius 1 is 1.33 bits per heavy atom. The van der Waals surface area contributed by atoms with Gasteiger partial charge in [-0.3, -0.25) is 10.3 Å². The zero-order valence-corrected chi connectivity index (χ0v) is 12.7. The Hall–Kier alpha value is -1.98. The minimum atomic E-state index is 0.478. The second kappa shape index (κ2) is 6.20. The van der Waals surface area contributed by atoms with Crippen molar-refractivity contribution in [2.45, 2.75) is 13.0 Å². The van der Waals surface area contributed by atoms with Crippen LogP contribution in [-0.2, 0) is 0 Å². The molecule has 2 aromatic rings. The average molecular weight is 298 g/mol. The van der Waals surface area contributed by atoms with Gasteiger partial charge in [0.1, 0.15) is 0 Å². The number of nitrogens with zero attached hydrogens (tertiary/aromatic N) is 2. The Bertz CT molecular complexity index is 629. The van der Waals surface area contributed by atoms with Crippen LogP contribution in [0.3, 0.4) is 0 Å². The Morgan fingerprint density at radius 2 is 2.19 bits per heavy atom. The number of aromatic nitrogens is 1. The van der Waals surface area contributed by atoms with Crippen LogP contribution in [0.25, 0.3) is 11.1 Å². The van der Waals surface area contributed by atoms with E-state index in [9.17, 15) is 0 Å². The number of thiocarbonyl (C=S) groups is 1. The molecule has 0 radical (unpaired) electrons. The highest BCUT2D eigenvalue weighted by Gasteiger charge is 2.19. The molecule has 0 bridgehead atoms. The second-order valence-corrected chi connectivity index (χ2v) is 5.63. The third kappa shape index (κ3) is 3.37. The summed E-state index contributed by atoms with van der Waals surface area (Å²) >= 11 is 5.47. The van der Waals surface area contributed by atoms with Gasteiger partial charge in [-0.15, -0.1) is 0 Å². The van der Waals surface area contributed by atoms with Crippen LogP contribution in [0.15, 0.2) is 48.8 Å². The van der Waals surface area contributed by atoms with Crippen LogP contribution in [0.2, 0.25) is 0 Å². The summed E-state index contributed by atoms with van der Waals surface area (Å²) in [6, 6.07) is 12.7. The molecule has 1 atom stereocenters. The van der Waals surface area contributed by atoms with E-state index in [4.69, 9.17) is 12.2 Å². The summed E-state index contributed by atoms with van der Waals surface area (Å²) in [6.45, 7) is 3.90. The molecule has 5 heteroatoms. The largest absolute Gasteiger partial charge is 0.335 e. The maximum absolute atomic E-state index is 5.47. The van der Waals surface area contributed by atoms with Gasteiger partial charge in [-0.25, -0.2) is 0 Å². The zero-order valence-electron chi connectivity index (χ0n) is 11.9. The lowest BCUT2D eigenvalue weighted by Gasteiger charge is -2.19. The summed E-state index contributed by atoms with van der Waals surface area (Å²) in [6.07, 6.45) is 3.64. The first-order valence-corrected chi connectivity index (χ1v) is 7.43. The molecule has 3 rings (SSSR count). The van der Waals surface area contributed by atoms with Crippen molar-refractivity contribution >= 4 is 23.0 Å². The number of rotatable bonds is 2. The highest BCUT2D eigenvalue weighted by atomic mass is 32.1. The van der Waals surface area contributed by atoms with Crippen molar-refractivity contribution in [2.24, 2.45) is 0 Å². The van der Waals surface area contributed by atoms with Crippen LogP contribution in [0.1, 0.15) is 6.92 Å². The molecule has 0 spiro atoms. The van der Waals surface area contributed by atoms with Crippen molar-refractivity contribution in [3.8, 4) is 11.1 Å². The van der Waals surface area contributed by atoms with Gasteiger partial charge >= 0.3 is 0 Å². The van der Waals surface area contributed by atoms with Crippen LogP contribution in [0.5, 0.6) is 0 Å². The fourth-order valence-corrected chi connectivity index (χ4v) is 2.65. The SMILES string of the molecule is CC1CN(C(=S)Nc2cccc(-c3cccnc3)c2)CN1. The number of hydrogen-bond donors (Lipinski definition) is 2. The van der Waals surface area contributed by atoms with Crippen molar-refractivity contribution in [3.05, 3.63) is 48.8 Å². The highest BCUT2D eigenvalue weighted by Crippen LogP contribution is 2.22. The normalized spacial score (nSPS) is 17.8.